The minimum absolute atomic E-state index is 0.251. The molecule has 0 aliphatic carbocycles. The Balaban J connectivity index is 2.64. The van der Waals surface area contributed by atoms with E-state index in [9.17, 15) is 9.59 Å². The first-order valence-electron chi connectivity index (χ1n) is 7.97. The Hall–Kier alpha value is -2.80. The first-order valence-corrected chi connectivity index (χ1v) is 9.97. The second-order valence-corrected chi connectivity index (χ2v) is 9.29. The fraction of sp³-hybridized carbons (Fsp3) is 0.222. The molecule has 2 N–H and O–H groups in total. The molecule has 0 radical (unpaired) electrons. The van der Waals surface area contributed by atoms with Gasteiger partial charge in [-0.2, -0.15) is 0 Å². The van der Waals surface area contributed by atoms with Crippen molar-refractivity contribution in [2.75, 3.05) is 28.2 Å². The van der Waals surface area contributed by atoms with E-state index in [-0.39, 0.29) is 12.1 Å². The molecule has 0 aromatic heterocycles. The molecule has 0 saturated carbocycles. The number of nitrogens with one attached hydrogen (secondary N) is 2. The molecule has 0 aliphatic heterocycles. The molecule has 0 aliphatic rings. The number of benzene rings is 2. The van der Waals surface area contributed by atoms with Gasteiger partial charge in [-0.1, -0.05) is 60.7 Å². The second kappa shape index (κ2) is 7.85. The van der Waals surface area contributed by atoms with Crippen molar-refractivity contribution < 1.29 is 9.59 Å². The maximum absolute atomic E-state index is 12.5. The van der Waals surface area contributed by atoms with Gasteiger partial charge in [-0.15, -0.1) is 0 Å². The number of nitrogens with zero attached hydrogens (tertiary/aromatic N) is 2. The third-order valence-electron chi connectivity index (χ3n) is 3.81. The predicted octanol–water partition coefficient (Wildman–Crippen LogP) is 0.785. The first kappa shape index (κ1) is 18.5. The van der Waals surface area contributed by atoms with Gasteiger partial charge in [0.25, 0.3) is 0 Å². The third-order valence-corrected chi connectivity index (χ3v) is 7.39. The molecule has 6 nitrogen and oxygen atoms in total. The van der Waals surface area contributed by atoms with Crippen molar-refractivity contribution >= 4 is 30.8 Å². The highest BCUT2D eigenvalue weighted by molar-refractivity contribution is 7.01. The lowest BCUT2D eigenvalue weighted by atomic mass is 10.4. The average Bonchev–Trinajstić information content (AvgIpc) is 2.62. The number of hydrogen-bond donors (Lipinski definition) is 2. The lowest BCUT2D eigenvalue weighted by Crippen LogP contribution is -2.81. The van der Waals surface area contributed by atoms with Crippen molar-refractivity contribution in [3.8, 4) is 0 Å². The van der Waals surface area contributed by atoms with Gasteiger partial charge in [-0.3, -0.25) is 0 Å². The maximum Gasteiger partial charge on any atom is 0.333 e. The highest BCUT2D eigenvalue weighted by Crippen LogP contribution is 2.02. The van der Waals surface area contributed by atoms with E-state index >= 15 is 0 Å². The van der Waals surface area contributed by atoms with E-state index < -0.39 is 8.40 Å². The van der Waals surface area contributed by atoms with Crippen molar-refractivity contribution in [3.63, 3.8) is 0 Å². The van der Waals surface area contributed by atoms with E-state index in [0.717, 1.165) is 10.4 Å². The van der Waals surface area contributed by atoms with E-state index in [0.29, 0.717) is 0 Å². The normalized spacial score (nSPS) is 10.7. The fourth-order valence-electron chi connectivity index (χ4n) is 2.41. The Kier molecular flexibility index (Phi) is 5.82. The minimum atomic E-state index is -3.08. The van der Waals surface area contributed by atoms with Crippen molar-refractivity contribution in [2.45, 2.75) is 0 Å². The summed E-state index contributed by atoms with van der Waals surface area (Å²) in [6.45, 7) is 0. The Morgan fingerprint density at radius 3 is 1.28 bits per heavy atom. The number of carbonyl (C=O) groups excluding carboxylic acids is 2. The first-order chi connectivity index (χ1) is 11.9. The SMILES string of the molecule is CN(C)C(=O)N[Si](NC(=O)N(C)C)(c1ccccc1)c1ccccc1. The zero-order valence-corrected chi connectivity index (χ0v) is 16.0. The van der Waals surface area contributed by atoms with Crippen LogP contribution in [0.4, 0.5) is 9.59 Å². The van der Waals surface area contributed by atoms with Crippen LogP contribution in [0.3, 0.4) is 0 Å². The highest BCUT2D eigenvalue weighted by Gasteiger charge is 2.43. The zero-order chi connectivity index (χ0) is 18.4. The molecule has 132 valence electrons. The van der Waals surface area contributed by atoms with E-state index in [1.807, 2.05) is 60.7 Å². The van der Waals surface area contributed by atoms with E-state index in [2.05, 4.69) is 9.96 Å². The van der Waals surface area contributed by atoms with Gasteiger partial charge in [0, 0.05) is 28.2 Å². The summed E-state index contributed by atoms with van der Waals surface area (Å²) in [4.78, 5) is 34.2. The summed E-state index contributed by atoms with van der Waals surface area (Å²) >= 11 is 0. The summed E-state index contributed by atoms with van der Waals surface area (Å²) in [6.07, 6.45) is 0. The molecule has 0 heterocycles. The van der Waals surface area contributed by atoms with Crippen LogP contribution in [-0.4, -0.2) is 58.4 Å². The van der Waals surface area contributed by atoms with Crippen LogP contribution < -0.4 is 20.3 Å². The summed E-state index contributed by atoms with van der Waals surface area (Å²) in [5, 5.41) is 1.79. The van der Waals surface area contributed by atoms with Crippen LogP contribution in [0.1, 0.15) is 0 Å². The Morgan fingerprint density at radius 1 is 0.680 bits per heavy atom. The molecule has 0 atom stereocenters. The van der Waals surface area contributed by atoms with E-state index in [4.69, 9.17) is 0 Å². The molecule has 25 heavy (non-hydrogen) atoms. The largest absolute Gasteiger partial charge is 0.339 e. The zero-order valence-electron chi connectivity index (χ0n) is 15.0. The van der Waals surface area contributed by atoms with Gasteiger partial charge >= 0.3 is 20.5 Å². The number of amides is 4. The van der Waals surface area contributed by atoms with Crippen molar-refractivity contribution in [1.29, 1.82) is 0 Å². The topological polar surface area (TPSA) is 64.7 Å². The van der Waals surface area contributed by atoms with Gasteiger partial charge in [0.05, 0.1) is 0 Å². The molecule has 0 saturated heterocycles. The molecule has 2 aromatic carbocycles. The van der Waals surface area contributed by atoms with Crippen LogP contribution in [0.2, 0.25) is 0 Å². The van der Waals surface area contributed by atoms with Crippen LogP contribution in [-0.2, 0) is 0 Å². The number of rotatable bonds is 4. The molecular weight excluding hydrogens is 332 g/mol. The predicted molar refractivity (Wildman–Crippen MR) is 102 cm³/mol. The van der Waals surface area contributed by atoms with Gasteiger partial charge in [-0.25, -0.2) is 9.59 Å². The Labute approximate surface area is 149 Å². The summed E-state index contributed by atoms with van der Waals surface area (Å²) in [5.41, 5.74) is 0. The van der Waals surface area contributed by atoms with E-state index in [1.165, 1.54) is 9.80 Å². The van der Waals surface area contributed by atoms with Gasteiger partial charge in [0.15, 0.2) is 0 Å². The van der Waals surface area contributed by atoms with Crippen molar-refractivity contribution in [2.24, 2.45) is 0 Å². The average molecular weight is 357 g/mol. The minimum Gasteiger partial charge on any atom is -0.339 e. The molecule has 0 spiro atoms. The smallest absolute Gasteiger partial charge is 0.333 e. The van der Waals surface area contributed by atoms with Crippen LogP contribution in [0.25, 0.3) is 0 Å². The number of carbonyl (C=O) groups is 2. The van der Waals surface area contributed by atoms with Crippen LogP contribution in [0.5, 0.6) is 0 Å². The molecule has 2 aromatic rings. The molecule has 4 amide bonds. The van der Waals surface area contributed by atoms with E-state index in [1.54, 1.807) is 28.2 Å². The molecule has 0 unspecified atom stereocenters. The summed E-state index contributed by atoms with van der Waals surface area (Å²) in [7, 11) is 3.63. The fourth-order valence-corrected chi connectivity index (χ4v) is 5.85. The van der Waals surface area contributed by atoms with Crippen LogP contribution in [0.15, 0.2) is 60.7 Å². The molecule has 0 bridgehead atoms. The summed E-state index contributed by atoms with van der Waals surface area (Å²) in [6, 6.07) is 18.7. The van der Waals surface area contributed by atoms with Crippen LogP contribution in [0, 0.1) is 0 Å². The third kappa shape index (κ3) is 4.19. The number of hydrogen-bond acceptors (Lipinski definition) is 2. The summed E-state index contributed by atoms with van der Waals surface area (Å²) in [5.74, 6) is 0. The lowest BCUT2D eigenvalue weighted by molar-refractivity contribution is 0.220. The van der Waals surface area contributed by atoms with Crippen LogP contribution >= 0.6 is 0 Å². The Bertz CT molecular complexity index is 657. The van der Waals surface area contributed by atoms with Gasteiger partial charge in [0.1, 0.15) is 0 Å². The quantitative estimate of drug-likeness (QED) is 0.796. The highest BCUT2D eigenvalue weighted by atomic mass is 28.3. The standard InChI is InChI=1S/C18H24N4O2Si/c1-21(2)17(23)19-25(20-18(24)22(3)4,15-11-7-5-8-12-15)16-13-9-6-10-14-16/h5-14H,1-4H3,(H,19,23)(H,20,24). The lowest BCUT2D eigenvalue weighted by Gasteiger charge is -2.35. The molecule has 0 fully saturated rings. The summed E-state index contributed by atoms with van der Waals surface area (Å²) < 4.78 is 0. The molecule has 7 heteroatoms. The Morgan fingerprint density at radius 2 is 1.00 bits per heavy atom. The molecule has 2 rings (SSSR count). The van der Waals surface area contributed by atoms with Crippen molar-refractivity contribution in [1.82, 2.24) is 19.8 Å². The van der Waals surface area contributed by atoms with Gasteiger partial charge in [-0.05, 0) is 10.4 Å². The monoisotopic (exact) mass is 356 g/mol. The van der Waals surface area contributed by atoms with Gasteiger partial charge < -0.3 is 19.8 Å². The van der Waals surface area contributed by atoms with Crippen molar-refractivity contribution in [3.05, 3.63) is 60.7 Å². The molecular formula is C18H24N4O2Si. The maximum atomic E-state index is 12.5. The number of urea groups is 2. The second-order valence-electron chi connectivity index (χ2n) is 6.13. The van der Waals surface area contributed by atoms with Gasteiger partial charge in [0.2, 0.25) is 0 Å².